The SMILES string of the molecule is CC(=O)OC[C@H]1O[C@H](n2cncn2)C[C@@H](OC(C)=O)[C@@H]1OC(C)=O. The normalized spacial score (nSPS) is 26.5. The van der Waals surface area contributed by atoms with Crippen LogP contribution in [-0.2, 0) is 33.3 Å². The lowest BCUT2D eigenvalue weighted by Crippen LogP contribution is -2.52. The van der Waals surface area contributed by atoms with E-state index in [1.165, 1.54) is 38.1 Å². The zero-order valence-corrected chi connectivity index (χ0v) is 13.6. The largest absolute Gasteiger partial charge is 0.463 e. The first-order valence-electron chi connectivity index (χ1n) is 7.34. The number of hydrogen-bond donors (Lipinski definition) is 0. The lowest BCUT2D eigenvalue weighted by molar-refractivity contribution is -0.228. The van der Waals surface area contributed by atoms with Crippen LogP contribution in [0.3, 0.4) is 0 Å². The van der Waals surface area contributed by atoms with Crippen molar-refractivity contribution in [2.75, 3.05) is 6.61 Å². The van der Waals surface area contributed by atoms with Crippen LogP contribution in [0.25, 0.3) is 0 Å². The topological polar surface area (TPSA) is 119 Å². The van der Waals surface area contributed by atoms with E-state index in [0.717, 1.165) is 0 Å². The fourth-order valence-corrected chi connectivity index (χ4v) is 2.45. The zero-order valence-electron chi connectivity index (χ0n) is 13.6. The highest BCUT2D eigenvalue weighted by atomic mass is 16.6. The summed E-state index contributed by atoms with van der Waals surface area (Å²) in [5.74, 6) is -1.59. The van der Waals surface area contributed by atoms with Gasteiger partial charge >= 0.3 is 17.9 Å². The highest BCUT2D eigenvalue weighted by Gasteiger charge is 2.44. The van der Waals surface area contributed by atoms with Gasteiger partial charge in [0.25, 0.3) is 0 Å². The Morgan fingerprint density at radius 2 is 1.88 bits per heavy atom. The number of carbonyl (C=O) groups excluding carboxylic acids is 3. The quantitative estimate of drug-likeness (QED) is 0.538. The Bertz CT molecular complexity index is 589. The Kier molecular flexibility index (Phi) is 5.85. The molecule has 1 saturated heterocycles. The van der Waals surface area contributed by atoms with Gasteiger partial charge in [-0.3, -0.25) is 14.4 Å². The van der Waals surface area contributed by atoms with Gasteiger partial charge in [0.15, 0.2) is 12.3 Å². The van der Waals surface area contributed by atoms with Gasteiger partial charge < -0.3 is 18.9 Å². The number of esters is 3. The molecule has 1 fully saturated rings. The summed E-state index contributed by atoms with van der Waals surface area (Å²) in [4.78, 5) is 37.7. The first-order valence-corrected chi connectivity index (χ1v) is 7.34. The third-order valence-electron chi connectivity index (χ3n) is 3.30. The molecule has 24 heavy (non-hydrogen) atoms. The average molecular weight is 341 g/mol. The van der Waals surface area contributed by atoms with E-state index in [0.29, 0.717) is 0 Å². The van der Waals surface area contributed by atoms with Gasteiger partial charge in [-0.05, 0) is 0 Å². The molecule has 0 saturated carbocycles. The van der Waals surface area contributed by atoms with Crippen LogP contribution in [0, 0.1) is 0 Å². The molecule has 1 aromatic heterocycles. The van der Waals surface area contributed by atoms with Crippen molar-refractivity contribution in [2.45, 2.75) is 51.7 Å². The minimum atomic E-state index is -0.898. The van der Waals surface area contributed by atoms with Crippen LogP contribution in [-0.4, -0.2) is 57.6 Å². The average Bonchev–Trinajstić information content (AvgIpc) is 3.00. The van der Waals surface area contributed by atoms with Gasteiger partial charge in [-0.25, -0.2) is 9.67 Å². The van der Waals surface area contributed by atoms with Crippen molar-refractivity contribution in [3.63, 3.8) is 0 Å². The van der Waals surface area contributed by atoms with Gasteiger partial charge in [0.05, 0.1) is 0 Å². The van der Waals surface area contributed by atoms with Gasteiger partial charge in [-0.15, -0.1) is 0 Å². The summed E-state index contributed by atoms with van der Waals surface area (Å²) in [6.07, 6.45) is -0.0967. The maximum atomic E-state index is 11.4. The van der Waals surface area contributed by atoms with Crippen LogP contribution < -0.4 is 0 Å². The number of carbonyl (C=O) groups is 3. The molecular formula is C14H19N3O7. The molecule has 10 nitrogen and oxygen atoms in total. The summed E-state index contributed by atoms with van der Waals surface area (Å²) in [6.45, 7) is 3.58. The predicted molar refractivity (Wildman–Crippen MR) is 76.3 cm³/mol. The van der Waals surface area contributed by atoms with E-state index in [4.69, 9.17) is 18.9 Å². The van der Waals surface area contributed by atoms with Crippen molar-refractivity contribution in [3.8, 4) is 0 Å². The third-order valence-corrected chi connectivity index (χ3v) is 3.30. The van der Waals surface area contributed by atoms with E-state index < -0.39 is 42.4 Å². The highest BCUT2D eigenvalue weighted by Crippen LogP contribution is 2.31. The van der Waals surface area contributed by atoms with Crippen LogP contribution in [0.15, 0.2) is 12.7 Å². The van der Waals surface area contributed by atoms with Crippen molar-refractivity contribution in [1.82, 2.24) is 14.8 Å². The monoisotopic (exact) mass is 341 g/mol. The Morgan fingerprint density at radius 3 is 2.42 bits per heavy atom. The lowest BCUT2D eigenvalue weighted by atomic mass is 10.0. The summed E-state index contributed by atoms with van der Waals surface area (Å²) in [7, 11) is 0. The summed E-state index contributed by atoms with van der Waals surface area (Å²) in [5.41, 5.74) is 0. The van der Waals surface area contributed by atoms with Gasteiger partial charge in [0, 0.05) is 27.2 Å². The van der Waals surface area contributed by atoms with Crippen LogP contribution in [0.1, 0.15) is 33.4 Å². The molecular weight excluding hydrogens is 322 g/mol. The second-order valence-corrected chi connectivity index (χ2v) is 5.26. The molecule has 0 amide bonds. The maximum Gasteiger partial charge on any atom is 0.303 e. The first-order chi connectivity index (χ1) is 11.4. The van der Waals surface area contributed by atoms with Crippen molar-refractivity contribution >= 4 is 17.9 Å². The molecule has 2 heterocycles. The molecule has 132 valence electrons. The molecule has 0 aromatic carbocycles. The summed E-state index contributed by atoms with van der Waals surface area (Å²) in [6, 6.07) is 0. The van der Waals surface area contributed by atoms with Crippen LogP contribution in [0.5, 0.6) is 0 Å². The van der Waals surface area contributed by atoms with Crippen LogP contribution >= 0.6 is 0 Å². The van der Waals surface area contributed by atoms with Crippen molar-refractivity contribution in [3.05, 3.63) is 12.7 Å². The molecule has 0 spiro atoms. The minimum Gasteiger partial charge on any atom is -0.463 e. The molecule has 0 unspecified atom stereocenters. The summed E-state index contributed by atoms with van der Waals surface area (Å²) in [5, 5.41) is 3.99. The van der Waals surface area contributed by atoms with E-state index in [9.17, 15) is 14.4 Å². The van der Waals surface area contributed by atoms with Gasteiger partial charge in [0.2, 0.25) is 0 Å². The van der Waals surface area contributed by atoms with Crippen molar-refractivity contribution in [1.29, 1.82) is 0 Å². The van der Waals surface area contributed by atoms with E-state index in [2.05, 4.69) is 10.1 Å². The number of aromatic nitrogens is 3. The smallest absolute Gasteiger partial charge is 0.303 e. The minimum absolute atomic E-state index is 0.157. The second-order valence-electron chi connectivity index (χ2n) is 5.26. The number of ether oxygens (including phenoxy) is 4. The Morgan fingerprint density at radius 1 is 1.17 bits per heavy atom. The third kappa shape index (κ3) is 4.75. The standard InChI is InChI=1S/C14H19N3O7/c1-8(18)21-5-12-14(23-10(3)20)11(22-9(2)19)4-13(24-12)17-7-15-6-16-17/h6-7,11-14H,4-5H2,1-3H3/t11-,12-,13+,14+/m1/s1. The summed E-state index contributed by atoms with van der Waals surface area (Å²) < 4.78 is 22.7. The molecule has 0 N–H and O–H groups in total. The Hall–Kier alpha value is -2.49. The fourth-order valence-electron chi connectivity index (χ4n) is 2.45. The van der Waals surface area contributed by atoms with Crippen molar-refractivity contribution < 1.29 is 33.3 Å². The Labute approximate surface area is 138 Å². The molecule has 0 radical (unpaired) electrons. The van der Waals surface area contributed by atoms with Gasteiger partial charge in [0.1, 0.15) is 31.5 Å². The molecule has 1 aromatic rings. The fraction of sp³-hybridized carbons (Fsp3) is 0.643. The van der Waals surface area contributed by atoms with E-state index in [1.54, 1.807) is 0 Å². The molecule has 0 bridgehead atoms. The van der Waals surface area contributed by atoms with E-state index >= 15 is 0 Å². The van der Waals surface area contributed by atoms with Gasteiger partial charge in [-0.2, -0.15) is 5.10 Å². The second kappa shape index (κ2) is 7.86. The number of rotatable bonds is 5. The van der Waals surface area contributed by atoms with E-state index in [-0.39, 0.29) is 13.0 Å². The number of nitrogens with zero attached hydrogens (tertiary/aromatic N) is 3. The summed E-state index contributed by atoms with van der Waals surface area (Å²) >= 11 is 0. The van der Waals surface area contributed by atoms with E-state index in [1.807, 2.05) is 0 Å². The molecule has 4 atom stereocenters. The van der Waals surface area contributed by atoms with Crippen LogP contribution in [0.2, 0.25) is 0 Å². The first kappa shape index (κ1) is 17.9. The molecule has 10 heteroatoms. The molecule has 0 aliphatic carbocycles. The van der Waals surface area contributed by atoms with Crippen molar-refractivity contribution in [2.24, 2.45) is 0 Å². The number of hydrogen-bond acceptors (Lipinski definition) is 9. The molecule has 1 aliphatic heterocycles. The van der Waals surface area contributed by atoms with Crippen LogP contribution in [0.4, 0.5) is 0 Å². The van der Waals surface area contributed by atoms with Gasteiger partial charge in [-0.1, -0.05) is 0 Å². The zero-order chi connectivity index (χ0) is 17.7. The molecule has 2 rings (SSSR count). The lowest BCUT2D eigenvalue weighted by Gasteiger charge is -2.39. The maximum absolute atomic E-state index is 11.4. The Balaban J connectivity index is 2.23. The molecule has 1 aliphatic rings. The predicted octanol–water partition coefficient (Wildman–Crippen LogP) is -0.00790. The highest BCUT2D eigenvalue weighted by molar-refractivity contribution is 5.67.